The van der Waals surface area contributed by atoms with Gasteiger partial charge >= 0.3 is 29.6 Å². The van der Waals surface area contributed by atoms with Crippen LogP contribution in [0.3, 0.4) is 0 Å². The van der Waals surface area contributed by atoms with Crippen molar-refractivity contribution < 1.29 is 39.1 Å². The Bertz CT molecular complexity index is 619. The predicted octanol–water partition coefficient (Wildman–Crippen LogP) is 0.0419. The van der Waals surface area contributed by atoms with Crippen molar-refractivity contribution in [1.29, 1.82) is 0 Å². The Balaban J connectivity index is 0.00000147. The van der Waals surface area contributed by atoms with Gasteiger partial charge in [-0.15, -0.1) is 0 Å². The molecule has 1 aliphatic heterocycles. The molecule has 0 aliphatic carbocycles. The van der Waals surface area contributed by atoms with Gasteiger partial charge in [-0.2, -0.15) is 0 Å². The van der Waals surface area contributed by atoms with Crippen LogP contribution in [0.2, 0.25) is 0 Å². The molecule has 0 atom stereocenters. The summed E-state index contributed by atoms with van der Waals surface area (Å²) in [6, 6.07) is 18.3. The molecule has 0 fully saturated rings. The van der Waals surface area contributed by atoms with Gasteiger partial charge in [0.05, 0.1) is 11.8 Å². The molecule has 2 aromatic rings. The van der Waals surface area contributed by atoms with Crippen molar-refractivity contribution in [3.63, 3.8) is 0 Å². The molecule has 0 saturated carbocycles. The van der Waals surface area contributed by atoms with Gasteiger partial charge in [0.1, 0.15) is 0 Å². The maximum absolute atomic E-state index is 11.9. The van der Waals surface area contributed by atoms with E-state index in [0.29, 0.717) is 11.1 Å². The summed E-state index contributed by atoms with van der Waals surface area (Å²) in [5.41, 5.74) is 2.22. The quantitative estimate of drug-likeness (QED) is 0.572. The first-order valence-electron chi connectivity index (χ1n) is 5.93. The number of benzene rings is 2. The Labute approximate surface area is 139 Å². The Morgan fingerprint density at radius 2 is 0.950 bits per heavy atom. The number of imide groups is 1. The third-order valence-corrected chi connectivity index (χ3v) is 3.01. The van der Waals surface area contributed by atoms with Crippen LogP contribution in [0, 0.1) is 0 Å². The zero-order chi connectivity index (χ0) is 13.2. The van der Waals surface area contributed by atoms with Crippen molar-refractivity contribution in [3.05, 3.63) is 77.1 Å². The van der Waals surface area contributed by atoms with Crippen molar-refractivity contribution in [2.24, 2.45) is 0 Å². The van der Waals surface area contributed by atoms with E-state index in [-0.39, 0.29) is 29.6 Å². The third-order valence-electron chi connectivity index (χ3n) is 3.01. The summed E-state index contributed by atoms with van der Waals surface area (Å²) in [4.78, 5) is 23.8. The molecule has 0 aromatic heterocycles. The largest absolute Gasteiger partial charge is 1.00 e. The van der Waals surface area contributed by atoms with Crippen LogP contribution >= 0.6 is 0 Å². The van der Waals surface area contributed by atoms with Gasteiger partial charge in [0.15, 0.2) is 0 Å². The summed E-state index contributed by atoms with van der Waals surface area (Å²) in [6.45, 7) is 0. The fourth-order valence-corrected chi connectivity index (χ4v) is 2.16. The van der Waals surface area contributed by atoms with E-state index in [2.05, 4.69) is 5.32 Å². The molecule has 0 saturated heterocycles. The first kappa shape index (κ1) is 14.7. The first-order chi connectivity index (χ1) is 9.27. The second-order valence-corrected chi connectivity index (χ2v) is 4.20. The van der Waals surface area contributed by atoms with Gasteiger partial charge in [0.25, 0.3) is 0 Å². The van der Waals surface area contributed by atoms with E-state index in [1.807, 2.05) is 60.7 Å². The molecule has 1 heterocycles. The zero-order valence-electron chi connectivity index (χ0n) is 11.0. The van der Waals surface area contributed by atoms with E-state index in [0.717, 1.165) is 11.1 Å². The average molecular weight is 271 g/mol. The van der Waals surface area contributed by atoms with Crippen LogP contribution in [-0.4, -0.2) is 11.8 Å². The number of nitrogens with zero attached hydrogens (tertiary/aromatic N) is 1. The maximum atomic E-state index is 11.9. The summed E-state index contributed by atoms with van der Waals surface area (Å²) in [7, 11) is 0. The smallest absolute Gasteiger partial charge is 0.587 e. The Morgan fingerprint density at radius 1 is 0.600 bits per heavy atom. The molecule has 92 valence electrons. The summed E-state index contributed by atoms with van der Waals surface area (Å²) in [5.74, 6) is -0.926. The molecule has 0 spiro atoms. The SMILES string of the molecule is O=C1[N-]C(=O)C(c2ccccc2)=C1c1ccccc1.[Na+]. The summed E-state index contributed by atoms with van der Waals surface area (Å²) >= 11 is 0. The van der Waals surface area contributed by atoms with E-state index < -0.39 is 11.8 Å². The molecule has 0 unspecified atom stereocenters. The van der Waals surface area contributed by atoms with Crippen LogP contribution in [0.5, 0.6) is 0 Å². The molecule has 0 N–H and O–H groups in total. The number of carbonyl (C=O) groups excluding carboxylic acids is 2. The van der Waals surface area contributed by atoms with Crippen LogP contribution in [0.1, 0.15) is 11.1 Å². The summed E-state index contributed by atoms with van der Waals surface area (Å²) in [5, 5.41) is 3.55. The molecule has 2 amide bonds. The van der Waals surface area contributed by atoms with Crippen LogP contribution < -0.4 is 29.6 Å². The van der Waals surface area contributed by atoms with Gasteiger partial charge in [-0.3, -0.25) is 0 Å². The minimum absolute atomic E-state index is 0. The minimum atomic E-state index is -0.463. The van der Waals surface area contributed by atoms with Gasteiger partial charge in [-0.05, 0) is 11.1 Å². The van der Waals surface area contributed by atoms with Crippen molar-refractivity contribution in [2.75, 3.05) is 0 Å². The number of amides is 2. The predicted molar refractivity (Wildman–Crippen MR) is 73.1 cm³/mol. The molecule has 4 heteroatoms. The molecule has 0 bridgehead atoms. The van der Waals surface area contributed by atoms with Crippen LogP contribution in [0.15, 0.2) is 60.7 Å². The van der Waals surface area contributed by atoms with Gasteiger partial charge in [0.2, 0.25) is 0 Å². The molecule has 3 nitrogen and oxygen atoms in total. The Hall–Kier alpha value is -1.68. The molecule has 2 aromatic carbocycles. The second-order valence-electron chi connectivity index (χ2n) is 4.20. The third kappa shape index (κ3) is 2.61. The van der Waals surface area contributed by atoms with Crippen LogP contribution in [-0.2, 0) is 9.59 Å². The number of hydrogen-bond acceptors (Lipinski definition) is 2. The van der Waals surface area contributed by atoms with E-state index >= 15 is 0 Å². The fourth-order valence-electron chi connectivity index (χ4n) is 2.16. The Morgan fingerprint density at radius 3 is 1.30 bits per heavy atom. The second kappa shape index (κ2) is 6.18. The van der Waals surface area contributed by atoms with E-state index in [4.69, 9.17) is 0 Å². The number of carbonyl (C=O) groups is 2. The molecular weight excluding hydrogens is 261 g/mol. The normalized spacial score (nSPS) is 14.0. The molecule has 1 aliphatic rings. The maximum Gasteiger partial charge on any atom is 1.00 e. The molecule has 20 heavy (non-hydrogen) atoms. The van der Waals surface area contributed by atoms with Crippen molar-refractivity contribution >= 4 is 23.0 Å². The van der Waals surface area contributed by atoms with Gasteiger partial charge < -0.3 is 14.9 Å². The van der Waals surface area contributed by atoms with Crippen molar-refractivity contribution in [3.8, 4) is 0 Å². The fraction of sp³-hybridized carbons (Fsp3) is 0. The minimum Gasteiger partial charge on any atom is -0.587 e. The first-order valence-corrected chi connectivity index (χ1v) is 5.93. The molecule has 0 radical (unpaired) electrons. The van der Waals surface area contributed by atoms with Gasteiger partial charge in [0, 0.05) is 11.1 Å². The van der Waals surface area contributed by atoms with Crippen molar-refractivity contribution in [1.82, 2.24) is 0 Å². The van der Waals surface area contributed by atoms with Gasteiger partial charge in [-0.1, -0.05) is 60.7 Å². The van der Waals surface area contributed by atoms with E-state index in [9.17, 15) is 9.59 Å². The summed E-state index contributed by atoms with van der Waals surface area (Å²) < 4.78 is 0. The van der Waals surface area contributed by atoms with E-state index in [1.54, 1.807) is 0 Å². The topological polar surface area (TPSA) is 48.2 Å². The Kier molecular flexibility index (Phi) is 4.55. The van der Waals surface area contributed by atoms with E-state index in [1.165, 1.54) is 0 Å². The number of rotatable bonds is 2. The average Bonchev–Trinajstić information content (AvgIpc) is 2.75. The number of hydrogen-bond donors (Lipinski definition) is 0. The van der Waals surface area contributed by atoms with Crippen molar-refractivity contribution in [2.45, 2.75) is 0 Å². The molecule has 3 rings (SSSR count). The standard InChI is InChI=1S/C16H11NO2.Na/c18-15-13(11-7-3-1-4-8-11)14(16(19)17-15)12-9-5-2-6-10-12;/h1-10H,(H,17,18,19);/q;+1/p-1. The van der Waals surface area contributed by atoms with Gasteiger partial charge in [-0.25, -0.2) is 0 Å². The van der Waals surface area contributed by atoms with Crippen LogP contribution in [0.25, 0.3) is 16.5 Å². The summed E-state index contributed by atoms with van der Waals surface area (Å²) in [6.07, 6.45) is 0. The van der Waals surface area contributed by atoms with Crippen LogP contribution in [0.4, 0.5) is 0 Å². The monoisotopic (exact) mass is 271 g/mol. The zero-order valence-corrected chi connectivity index (χ0v) is 13.0. The molecular formula is C16H10NNaO2.